The molecule has 0 bridgehead atoms. The van der Waals surface area contributed by atoms with E-state index in [4.69, 9.17) is 9.84 Å². The quantitative estimate of drug-likeness (QED) is 0.831. The van der Waals surface area contributed by atoms with Crippen molar-refractivity contribution in [3.8, 4) is 5.75 Å². The number of rotatable bonds is 4. The molecule has 0 spiro atoms. The first-order valence-electron chi connectivity index (χ1n) is 6.10. The Labute approximate surface area is 112 Å². The van der Waals surface area contributed by atoms with Crippen LogP contribution >= 0.6 is 0 Å². The van der Waals surface area contributed by atoms with Gasteiger partial charge < -0.3 is 14.9 Å². The van der Waals surface area contributed by atoms with Gasteiger partial charge in [0.05, 0.1) is 18.1 Å². The summed E-state index contributed by atoms with van der Waals surface area (Å²) in [5.41, 5.74) is -0.486. The van der Waals surface area contributed by atoms with Crippen LogP contribution in [0, 0.1) is 6.07 Å². The Bertz CT molecular complexity index is 524. The average Bonchev–Trinajstić information content (AvgIpc) is 2.41. The maximum absolute atomic E-state index is 11.3. The number of sulfone groups is 1. The number of hydrogen-bond acceptors (Lipinski definition) is 5. The average molecular weight is 285 g/mol. The van der Waals surface area contributed by atoms with Crippen LogP contribution in [-0.2, 0) is 16.4 Å². The Morgan fingerprint density at radius 3 is 2.68 bits per heavy atom. The molecular weight excluding hydrogens is 268 g/mol. The monoisotopic (exact) mass is 285 g/mol. The molecule has 0 aliphatic carbocycles. The number of benzene rings is 1. The van der Waals surface area contributed by atoms with Crippen molar-refractivity contribution in [2.24, 2.45) is 0 Å². The molecule has 1 heterocycles. The highest BCUT2D eigenvalue weighted by Crippen LogP contribution is 2.25. The van der Waals surface area contributed by atoms with E-state index in [1.165, 1.54) is 0 Å². The molecule has 105 valence electrons. The Hall–Kier alpha value is -1.11. The van der Waals surface area contributed by atoms with Crippen LogP contribution in [0.5, 0.6) is 5.75 Å². The van der Waals surface area contributed by atoms with E-state index in [1.54, 1.807) is 18.2 Å². The number of aliphatic hydroxyl groups is 2. The van der Waals surface area contributed by atoms with E-state index >= 15 is 0 Å². The van der Waals surface area contributed by atoms with E-state index in [0.29, 0.717) is 11.3 Å². The van der Waals surface area contributed by atoms with Gasteiger partial charge in [-0.15, -0.1) is 0 Å². The molecule has 1 fully saturated rings. The maximum Gasteiger partial charge on any atom is 0.150 e. The number of hydrogen-bond donors (Lipinski definition) is 2. The molecule has 1 saturated heterocycles. The molecule has 0 amide bonds. The van der Waals surface area contributed by atoms with E-state index in [0.717, 1.165) is 0 Å². The Kier molecular flexibility index (Phi) is 4.13. The highest BCUT2D eigenvalue weighted by atomic mass is 32.2. The molecule has 2 rings (SSSR count). The van der Waals surface area contributed by atoms with Crippen molar-refractivity contribution in [1.82, 2.24) is 0 Å². The van der Waals surface area contributed by atoms with E-state index in [1.807, 2.05) is 0 Å². The molecule has 1 aliphatic rings. The molecule has 1 radical (unpaired) electrons. The summed E-state index contributed by atoms with van der Waals surface area (Å²) < 4.78 is 28.1. The zero-order valence-electron chi connectivity index (χ0n) is 10.5. The largest absolute Gasteiger partial charge is 0.491 e. The fourth-order valence-electron chi connectivity index (χ4n) is 1.95. The predicted octanol–water partition coefficient (Wildman–Crippen LogP) is 0.298. The summed E-state index contributed by atoms with van der Waals surface area (Å²) in [5.74, 6) is 0.527. The molecule has 0 unspecified atom stereocenters. The van der Waals surface area contributed by atoms with Gasteiger partial charge in [0.15, 0.2) is 9.84 Å². The summed E-state index contributed by atoms with van der Waals surface area (Å²) in [4.78, 5) is 0. The van der Waals surface area contributed by atoms with Crippen LogP contribution in [0.1, 0.15) is 18.4 Å². The normalized spacial score (nSPS) is 20.9. The van der Waals surface area contributed by atoms with Gasteiger partial charge in [0.2, 0.25) is 0 Å². The summed E-state index contributed by atoms with van der Waals surface area (Å²) in [5, 5.41) is 19.2. The van der Waals surface area contributed by atoms with E-state index in [2.05, 4.69) is 6.07 Å². The van der Waals surface area contributed by atoms with Gasteiger partial charge in [0.25, 0.3) is 0 Å². The van der Waals surface area contributed by atoms with Crippen molar-refractivity contribution in [2.75, 3.05) is 18.1 Å². The van der Waals surface area contributed by atoms with Crippen molar-refractivity contribution < 1.29 is 23.4 Å². The third kappa shape index (κ3) is 3.92. The molecule has 0 atom stereocenters. The van der Waals surface area contributed by atoms with Gasteiger partial charge in [-0.2, -0.15) is 0 Å². The molecule has 1 aliphatic heterocycles. The van der Waals surface area contributed by atoms with Crippen molar-refractivity contribution in [1.29, 1.82) is 0 Å². The lowest BCUT2D eigenvalue weighted by atomic mass is 9.98. The van der Waals surface area contributed by atoms with Gasteiger partial charge in [0, 0.05) is 0 Å². The summed E-state index contributed by atoms with van der Waals surface area (Å²) in [6.07, 6.45) is 0.391. The summed E-state index contributed by atoms with van der Waals surface area (Å²) in [6.45, 7) is -0.0723. The van der Waals surface area contributed by atoms with Crippen LogP contribution in [0.25, 0.3) is 0 Å². The van der Waals surface area contributed by atoms with Crippen molar-refractivity contribution in [2.45, 2.75) is 25.0 Å². The fraction of sp³-hybridized carbons (Fsp3) is 0.538. The lowest BCUT2D eigenvalue weighted by Crippen LogP contribution is -2.43. The molecule has 2 N–H and O–H groups in total. The summed E-state index contributed by atoms with van der Waals surface area (Å²) >= 11 is 0. The third-order valence-corrected chi connectivity index (χ3v) is 4.92. The van der Waals surface area contributed by atoms with Crippen LogP contribution < -0.4 is 4.74 Å². The number of ether oxygens (including phenoxy) is 1. The molecular formula is C13H17O5S. The zero-order chi connectivity index (χ0) is 13.9. The molecule has 1 aromatic carbocycles. The topological polar surface area (TPSA) is 83.8 Å². The zero-order valence-corrected chi connectivity index (χ0v) is 11.3. The van der Waals surface area contributed by atoms with Gasteiger partial charge in [-0.05, 0) is 36.6 Å². The van der Waals surface area contributed by atoms with Crippen LogP contribution in [0.4, 0.5) is 0 Å². The predicted molar refractivity (Wildman–Crippen MR) is 69.5 cm³/mol. The number of aliphatic hydroxyl groups excluding tert-OH is 1. The summed E-state index contributed by atoms with van der Waals surface area (Å²) in [7, 11) is -3.00. The second-order valence-electron chi connectivity index (χ2n) is 4.87. The molecule has 5 nitrogen and oxygen atoms in total. The molecule has 6 heteroatoms. The Morgan fingerprint density at radius 2 is 2.05 bits per heavy atom. The fourth-order valence-corrected chi connectivity index (χ4v) is 3.54. The van der Waals surface area contributed by atoms with Crippen LogP contribution in [0.2, 0.25) is 0 Å². The van der Waals surface area contributed by atoms with Gasteiger partial charge in [-0.25, -0.2) is 8.42 Å². The van der Waals surface area contributed by atoms with E-state index < -0.39 is 15.4 Å². The minimum absolute atomic E-state index is 0.00266. The van der Waals surface area contributed by atoms with Gasteiger partial charge in [-0.1, -0.05) is 6.07 Å². The first-order chi connectivity index (χ1) is 8.92. The van der Waals surface area contributed by atoms with Gasteiger partial charge in [-0.3, -0.25) is 0 Å². The minimum Gasteiger partial charge on any atom is -0.491 e. The third-order valence-electron chi connectivity index (χ3n) is 3.27. The molecule has 19 heavy (non-hydrogen) atoms. The standard InChI is InChI=1S/C13H17O5S/c14-9-11-2-1-3-12(8-11)18-10-13(15)4-6-19(16,17)7-5-13/h1,3,8,14-15H,4-7,9-10H2. The van der Waals surface area contributed by atoms with E-state index in [9.17, 15) is 13.5 Å². The molecule has 1 aromatic rings. The SMILES string of the molecule is O=S1(=O)CCC(O)(COc2cc[c]c(CO)c2)CC1. The lowest BCUT2D eigenvalue weighted by molar-refractivity contribution is -0.0128. The van der Waals surface area contributed by atoms with Crippen LogP contribution in [-0.4, -0.2) is 42.3 Å². The van der Waals surface area contributed by atoms with Gasteiger partial charge in [0.1, 0.15) is 18.0 Å². The maximum atomic E-state index is 11.3. The second-order valence-corrected chi connectivity index (χ2v) is 7.18. The van der Waals surface area contributed by atoms with Crippen molar-refractivity contribution >= 4 is 9.84 Å². The molecule has 0 saturated carbocycles. The molecule has 0 aromatic heterocycles. The Morgan fingerprint density at radius 1 is 1.37 bits per heavy atom. The lowest BCUT2D eigenvalue weighted by Gasteiger charge is -2.31. The van der Waals surface area contributed by atoms with E-state index in [-0.39, 0.29) is 37.6 Å². The van der Waals surface area contributed by atoms with Gasteiger partial charge >= 0.3 is 0 Å². The van der Waals surface area contributed by atoms with Crippen molar-refractivity contribution in [3.63, 3.8) is 0 Å². The first kappa shape index (κ1) is 14.3. The smallest absolute Gasteiger partial charge is 0.150 e. The first-order valence-corrected chi connectivity index (χ1v) is 7.92. The minimum atomic E-state index is -3.00. The van der Waals surface area contributed by atoms with Crippen LogP contribution in [0.3, 0.4) is 0 Å². The summed E-state index contributed by atoms with van der Waals surface area (Å²) in [6, 6.07) is 7.80. The highest BCUT2D eigenvalue weighted by molar-refractivity contribution is 7.91. The second kappa shape index (κ2) is 5.48. The highest BCUT2D eigenvalue weighted by Gasteiger charge is 2.36. The van der Waals surface area contributed by atoms with Crippen LogP contribution in [0.15, 0.2) is 18.2 Å². The van der Waals surface area contributed by atoms with Crippen molar-refractivity contribution in [3.05, 3.63) is 29.8 Å². The Balaban J connectivity index is 1.94.